The lowest BCUT2D eigenvalue weighted by Crippen LogP contribution is -2.59. The average molecular weight is 827 g/mol. The fourth-order valence-electron chi connectivity index (χ4n) is 8.55. The number of benzene rings is 1. The second-order valence-corrected chi connectivity index (χ2v) is 16.8. The van der Waals surface area contributed by atoms with Gasteiger partial charge >= 0.3 is 0 Å². The van der Waals surface area contributed by atoms with Crippen LogP contribution in [-0.4, -0.2) is 117 Å². The molecule has 3 aliphatic rings. The highest BCUT2D eigenvalue weighted by molar-refractivity contribution is 5.96. The zero-order valence-electron chi connectivity index (χ0n) is 35.5. The van der Waals surface area contributed by atoms with Crippen molar-refractivity contribution in [2.75, 3.05) is 39.8 Å². The van der Waals surface area contributed by atoms with Crippen molar-refractivity contribution in [3.05, 3.63) is 60.7 Å². The molecule has 1 unspecified atom stereocenters. The quantitative estimate of drug-likeness (QED) is 0.134. The predicted molar refractivity (Wildman–Crippen MR) is 224 cm³/mol. The topological polar surface area (TPSA) is 193 Å². The summed E-state index contributed by atoms with van der Waals surface area (Å²) in [5.74, 6) is -1.80. The van der Waals surface area contributed by atoms with E-state index >= 15 is 0 Å². The minimum Gasteiger partial charge on any atom is -0.467 e. The number of fused-ring (bicyclic) bond motifs is 1. The minimum atomic E-state index is -1.06. The minimum absolute atomic E-state index is 0.0429. The van der Waals surface area contributed by atoms with Gasteiger partial charge in [-0.15, -0.1) is 5.10 Å². The van der Waals surface area contributed by atoms with Crippen LogP contribution >= 0.6 is 0 Å². The Labute approximate surface area is 350 Å². The number of carbonyl (C=O) groups is 5. The summed E-state index contributed by atoms with van der Waals surface area (Å²) in [5.41, 5.74) is 10.5. The van der Waals surface area contributed by atoms with Crippen molar-refractivity contribution in [3.63, 3.8) is 0 Å². The van der Waals surface area contributed by atoms with E-state index in [1.807, 2.05) is 26.0 Å². The molecule has 60 heavy (non-hydrogen) atoms. The van der Waals surface area contributed by atoms with Gasteiger partial charge in [-0.1, -0.05) is 40.3 Å². The highest BCUT2D eigenvalue weighted by atomic mass is 16.5. The molecule has 2 aromatic heterocycles. The summed E-state index contributed by atoms with van der Waals surface area (Å²) in [6.07, 6.45) is 8.38. The third-order valence-corrected chi connectivity index (χ3v) is 11.5. The summed E-state index contributed by atoms with van der Waals surface area (Å²) in [7, 11) is 1.60. The molecule has 0 spiro atoms. The molecule has 1 aromatic carbocycles. The molecule has 322 valence electrons. The number of aromatic nitrogens is 3. The van der Waals surface area contributed by atoms with Crippen molar-refractivity contribution in [2.45, 2.75) is 91.6 Å². The second kappa shape index (κ2) is 19.0. The summed E-state index contributed by atoms with van der Waals surface area (Å²) in [6.45, 7) is 16.6. The van der Waals surface area contributed by atoms with E-state index in [-0.39, 0.29) is 49.1 Å². The van der Waals surface area contributed by atoms with Gasteiger partial charge in [0.05, 0.1) is 24.6 Å². The highest BCUT2D eigenvalue weighted by Gasteiger charge is 2.40. The first-order valence-corrected chi connectivity index (χ1v) is 20.7. The SMILES string of the molecule is C=CC(=O)N1CC[C@H](C(=O)N(C)[C@H](C(=O)N[C@@H](CC2=NNC(c3ccc4c(c3)c(CC(C)(C)COC=O)c(-c3cncnc3)n4CC)O2)C(=O)N2CCCCN2)C(C)C)C1. The number of carbonyl (C=O) groups excluding carboxylic acids is 5. The van der Waals surface area contributed by atoms with Crippen LogP contribution in [-0.2, 0) is 46.4 Å². The van der Waals surface area contributed by atoms with E-state index < -0.39 is 35.6 Å². The molecule has 2 fully saturated rings. The van der Waals surface area contributed by atoms with E-state index in [0.717, 1.165) is 46.1 Å². The first-order chi connectivity index (χ1) is 28.8. The summed E-state index contributed by atoms with van der Waals surface area (Å²) in [6, 6.07) is 4.14. The van der Waals surface area contributed by atoms with Gasteiger partial charge in [0.15, 0.2) is 0 Å². The Morgan fingerprint density at radius 3 is 2.58 bits per heavy atom. The number of ether oxygens (including phenoxy) is 2. The number of hydrogen-bond donors (Lipinski definition) is 3. The summed E-state index contributed by atoms with van der Waals surface area (Å²) in [5, 5.41) is 9.98. The van der Waals surface area contributed by atoms with E-state index in [0.29, 0.717) is 45.5 Å². The Bertz CT molecular complexity index is 2100. The number of aryl methyl sites for hydroxylation is 1. The number of hydrazone groups is 1. The molecule has 0 saturated carbocycles. The fourth-order valence-corrected chi connectivity index (χ4v) is 8.55. The van der Waals surface area contributed by atoms with Crippen molar-refractivity contribution in [1.29, 1.82) is 0 Å². The molecule has 0 radical (unpaired) electrons. The molecule has 5 heterocycles. The van der Waals surface area contributed by atoms with Gasteiger partial charge in [-0.05, 0) is 62.3 Å². The molecule has 4 atom stereocenters. The number of nitrogens with zero attached hydrogens (tertiary/aromatic N) is 7. The third-order valence-electron chi connectivity index (χ3n) is 11.5. The van der Waals surface area contributed by atoms with Crippen molar-refractivity contribution >= 4 is 46.9 Å². The monoisotopic (exact) mass is 826 g/mol. The van der Waals surface area contributed by atoms with Crippen LogP contribution in [0.1, 0.15) is 77.7 Å². The lowest BCUT2D eigenvalue weighted by molar-refractivity contribution is -0.145. The van der Waals surface area contributed by atoms with Crippen LogP contribution in [0.3, 0.4) is 0 Å². The van der Waals surface area contributed by atoms with Gasteiger partial charge in [0.1, 0.15) is 18.4 Å². The predicted octanol–water partition coefficient (Wildman–Crippen LogP) is 3.31. The number of likely N-dealkylation sites (tertiary alicyclic amines) is 1. The van der Waals surface area contributed by atoms with Crippen LogP contribution in [0.4, 0.5) is 0 Å². The number of rotatable bonds is 17. The normalized spacial score (nSPS) is 18.9. The van der Waals surface area contributed by atoms with Crippen molar-refractivity contribution in [2.24, 2.45) is 22.4 Å². The van der Waals surface area contributed by atoms with E-state index in [9.17, 15) is 24.0 Å². The van der Waals surface area contributed by atoms with Gasteiger partial charge < -0.3 is 29.2 Å². The zero-order valence-corrected chi connectivity index (χ0v) is 35.5. The molecule has 3 N–H and O–H groups in total. The van der Waals surface area contributed by atoms with E-state index in [1.165, 1.54) is 22.3 Å². The van der Waals surface area contributed by atoms with Crippen molar-refractivity contribution in [1.82, 2.24) is 45.5 Å². The fraction of sp³-hybridized carbons (Fsp3) is 0.535. The molecular weight excluding hydrogens is 769 g/mol. The average Bonchev–Trinajstić information content (AvgIpc) is 4.00. The summed E-state index contributed by atoms with van der Waals surface area (Å²) in [4.78, 5) is 77.0. The van der Waals surface area contributed by atoms with Gasteiger partial charge in [0.2, 0.25) is 29.8 Å². The maximum absolute atomic E-state index is 14.2. The molecular formula is C43H58N10O7. The highest BCUT2D eigenvalue weighted by Crippen LogP contribution is 2.39. The summed E-state index contributed by atoms with van der Waals surface area (Å²) >= 11 is 0. The summed E-state index contributed by atoms with van der Waals surface area (Å²) < 4.78 is 13.8. The van der Waals surface area contributed by atoms with E-state index in [1.54, 1.807) is 24.3 Å². The molecule has 6 rings (SSSR count). The van der Waals surface area contributed by atoms with Crippen LogP contribution in [0, 0.1) is 17.3 Å². The lowest BCUT2D eigenvalue weighted by Gasteiger charge is -2.35. The first-order valence-electron chi connectivity index (χ1n) is 20.7. The second-order valence-electron chi connectivity index (χ2n) is 16.8. The van der Waals surface area contributed by atoms with E-state index in [2.05, 4.69) is 69.2 Å². The maximum atomic E-state index is 14.2. The first kappa shape index (κ1) is 43.7. The smallest absolute Gasteiger partial charge is 0.293 e. The largest absolute Gasteiger partial charge is 0.467 e. The zero-order chi connectivity index (χ0) is 43.1. The van der Waals surface area contributed by atoms with Crippen LogP contribution in [0.25, 0.3) is 22.2 Å². The maximum Gasteiger partial charge on any atom is 0.293 e. The van der Waals surface area contributed by atoms with Gasteiger partial charge in [-0.2, -0.15) is 0 Å². The van der Waals surface area contributed by atoms with Crippen LogP contribution in [0.2, 0.25) is 0 Å². The number of amides is 4. The number of likely N-dealkylation sites (N-methyl/N-ethyl adjacent to an activating group) is 1. The Morgan fingerprint density at radius 2 is 1.92 bits per heavy atom. The van der Waals surface area contributed by atoms with Gasteiger partial charge in [0.25, 0.3) is 12.4 Å². The Hall–Kier alpha value is -5.84. The lowest BCUT2D eigenvalue weighted by atomic mass is 9.84. The number of hydrazine groups is 1. The van der Waals surface area contributed by atoms with Gasteiger partial charge in [-0.25, -0.2) is 15.4 Å². The molecule has 3 aliphatic heterocycles. The molecule has 0 bridgehead atoms. The molecule has 0 aliphatic carbocycles. The molecule has 2 saturated heterocycles. The molecule has 3 aromatic rings. The van der Waals surface area contributed by atoms with Crippen LogP contribution in [0.5, 0.6) is 0 Å². The number of nitrogens with one attached hydrogen (secondary N) is 3. The standard InChI is InChI=1S/C43H58N10O7/c1-8-36(55)51-17-14-29(23-51)41(57)50(7)37(27(3)4)39(56)47-33(42(58)53-16-11-10-15-46-53)19-35-48-49-40(60-35)28-12-13-34-31(18-28)32(20-43(5,6)24-59-26-54)38(52(34)9-2)30-21-44-25-45-22-30/h8,12-13,18,21-22,25-27,29,33,37,40,46,49H,1,9-11,14-17,19-20,23-24H2,2-7H3,(H,47,56)/t29-,33-,37-,40?/m0/s1. The molecule has 17 heteroatoms. The molecule has 4 amide bonds. The number of hydrogen-bond acceptors (Lipinski definition) is 12. The van der Waals surface area contributed by atoms with Gasteiger partial charge in [0, 0.05) is 79.6 Å². The Kier molecular flexibility index (Phi) is 13.9. The van der Waals surface area contributed by atoms with Crippen LogP contribution < -0.4 is 16.2 Å². The Morgan fingerprint density at radius 1 is 1.15 bits per heavy atom. The van der Waals surface area contributed by atoms with Gasteiger partial charge in [-0.3, -0.25) is 34.4 Å². The van der Waals surface area contributed by atoms with Crippen LogP contribution in [0.15, 0.2) is 54.7 Å². The Balaban J connectivity index is 1.24. The van der Waals surface area contributed by atoms with Crippen molar-refractivity contribution in [3.8, 4) is 11.3 Å². The third kappa shape index (κ3) is 9.61. The molecule has 17 nitrogen and oxygen atoms in total. The van der Waals surface area contributed by atoms with E-state index in [4.69, 9.17) is 9.47 Å². The van der Waals surface area contributed by atoms with Crippen molar-refractivity contribution < 1.29 is 33.4 Å².